The fourth-order valence-corrected chi connectivity index (χ4v) is 2.34. The number of nitrogens with zero attached hydrogens (tertiary/aromatic N) is 3. The molecule has 0 saturated heterocycles. The molecule has 1 fully saturated rings. The molecule has 4 heteroatoms. The highest BCUT2D eigenvalue weighted by molar-refractivity contribution is 5.09. The zero-order valence-electron chi connectivity index (χ0n) is 10.5. The summed E-state index contributed by atoms with van der Waals surface area (Å²) in [6.45, 7) is 5.63. The van der Waals surface area contributed by atoms with Crippen molar-refractivity contribution in [1.82, 2.24) is 20.3 Å². The van der Waals surface area contributed by atoms with Crippen LogP contribution in [-0.4, -0.2) is 27.6 Å². The summed E-state index contributed by atoms with van der Waals surface area (Å²) in [6.07, 6.45) is 6.94. The summed E-state index contributed by atoms with van der Waals surface area (Å²) in [6, 6.07) is 0.592. The van der Waals surface area contributed by atoms with E-state index in [-0.39, 0.29) is 0 Å². The van der Waals surface area contributed by atoms with Crippen molar-refractivity contribution < 1.29 is 0 Å². The lowest BCUT2D eigenvalue weighted by Crippen LogP contribution is -2.36. The largest absolute Gasteiger partial charge is 0.314 e. The Bertz CT molecular complexity index is 341. The van der Waals surface area contributed by atoms with Gasteiger partial charge in [0, 0.05) is 25.7 Å². The monoisotopic (exact) mass is 222 g/mol. The Labute approximate surface area is 97.4 Å². The van der Waals surface area contributed by atoms with Crippen LogP contribution in [0.25, 0.3) is 0 Å². The van der Waals surface area contributed by atoms with Crippen LogP contribution in [0.5, 0.6) is 0 Å². The lowest BCUT2D eigenvalue weighted by Gasteiger charge is -2.23. The number of nitrogens with one attached hydrogen (secondary N) is 1. The number of hydrogen-bond donors (Lipinski definition) is 1. The van der Waals surface area contributed by atoms with E-state index in [2.05, 4.69) is 29.5 Å². The molecule has 1 N–H and O–H groups in total. The second-order valence-corrected chi connectivity index (χ2v) is 5.10. The Morgan fingerprint density at radius 3 is 2.81 bits per heavy atom. The lowest BCUT2D eigenvalue weighted by molar-refractivity contribution is 0.347. The average Bonchev–Trinajstić information content (AvgIpc) is 2.93. The predicted molar refractivity (Wildman–Crippen MR) is 64.1 cm³/mol. The van der Waals surface area contributed by atoms with Gasteiger partial charge < -0.3 is 5.32 Å². The maximum atomic E-state index is 4.19. The number of hydrogen-bond acceptors (Lipinski definition) is 3. The van der Waals surface area contributed by atoms with Gasteiger partial charge in [0.2, 0.25) is 0 Å². The van der Waals surface area contributed by atoms with Gasteiger partial charge in [0.25, 0.3) is 0 Å². The Morgan fingerprint density at radius 1 is 1.56 bits per heavy atom. The molecule has 1 aromatic rings. The van der Waals surface area contributed by atoms with Gasteiger partial charge >= 0.3 is 0 Å². The van der Waals surface area contributed by atoms with Crippen molar-refractivity contribution in [2.45, 2.75) is 45.6 Å². The van der Waals surface area contributed by atoms with E-state index in [4.69, 9.17) is 0 Å². The second-order valence-electron chi connectivity index (χ2n) is 5.10. The first-order valence-corrected chi connectivity index (χ1v) is 6.25. The summed E-state index contributed by atoms with van der Waals surface area (Å²) < 4.78 is 1.79. The zero-order chi connectivity index (χ0) is 11.6. The quantitative estimate of drug-likeness (QED) is 0.793. The summed E-state index contributed by atoms with van der Waals surface area (Å²) in [4.78, 5) is 0. The molecular formula is C12H22N4. The summed E-state index contributed by atoms with van der Waals surface area (Å²) in [5.41, 5.74) is 1.58. The van der Waals surface area contributed by atoms with Crippen molar-refractivity contribution in [2.75, 3.05) is 6.54 Å². The smallest absolute Gasteiger partial charge is 0.0833 e. The third-order valence-electron chi connectivity index (χ3n) is 3.69. The molecule has 0 amide bonds. The average molecular weight is 222 g/mol. The summed E-state index contributed by atoms with van der Waals surface area (Å²) in [5.74, 6) is 0. The molecule has 0 radical (unpaired) electrons. The molecule has 0 spiro atoms. The van der Waals surface area contributed by atoms with Gasteiger partial charge in [0.15, 0.2) is 0 Å². The van der Waals surface area contributed by atoms with Crippen molar-refractivity contribution in [2.24, 2.45) is 12.5 Å². The van der Waals surface area contributed by atoms with Crippen molar-refractivity contribution in [3.63, 3.8) is 0 Å². The van der Waals surface area contributed by atoms with Crippen molar-refractivity contribution >= 4 is 0 Å². The fourth-order valence-electron chi connectivity index (χ4n) is 2.34. The standard InChI is InChI=1S/C12H22N4/c1-4-7-13-10(2)12(5-6-12)8-11-9-16(3)15-14-11/h9-10,13H,4-8H2,1-3H3. The van der Waals surface area contributed by atoms with Crippen molar-refractivity contribution in [3.05, 3.63) is 11.9 Å². The SMILES string of the molecule is CCCNC(C)C1(Cc2cn(C)nn2)CC1. The lowest BCUT2D eigenvalue weighted by atomic mass is 9.92. The maximum Gasteiger partial charge on any atom is 0.0833 e. The first kappa shape index (κ1) is 11.6. The van der Waals surface area contributed by atoms with Crippen LogP contribution in [0.2, 0.25) is 0 Å². The minimum absolute atomic E-state index is 0.450. The van der Waals surface area contributed by atoms with Crippen LogP contribution in [0.4, 0.5) is 0 Å². The molecule has 1 atom stereocenters. The Morgan fingerprint density at radius 2 is 2.31 bits per heavy atom. The third-order valence-corrected chi connectivity index (χ3v) is 3.69. The van der Waals surface area contributed by atoms with Crippen LogP contribution >= 0.6 is 0 Å². The van der Waals surface area contributed by atoms with Crippen LogP contribution in [0.15, 0.2) is 6.20 Å². The molecule has 1 aliphatic carbocycles. The Kier molecular flexibility index (Phi) is 3.28. The van der Waals surface area contributed by atoms with Crippen LogP contribution in [0.3, 0.4) is 0 Å². The first-order valence-electron chi connectivity index (χ1n) is 6.25. The van der Waals surface area contributed by atoms with Gasteiger partial charge in [0.1, 0.15) is 0 Å². The molecule has 2 rings (SSSR count). The van der Waals surface area contributed by atoms with Gasteiger partial charge in [-0.1, -0.05) is 12.1 Å². The molecular weight excluding hydrogens is 200 g/mol. The highest BCUT2D eigenvalue weighted by Crippen LogP contribution is 2.50. The molecule has 1 aliphatic rings. The molecule has 1 unspecified atom stereocenters. The van der Waals surface area contributed by atoms with E-state index >= 15 is 0 Å². The summed E-state index contributed by atoms with van der Waals surface area (Å²) >= 11 is 0. The Hall–Kier alpha value is -0.900. The summed E-state index contributed by atoms with van der Waals surface area (Å²) in [7, 11) is 1.93. The molecule has 90 valence electrons. The first-order chi connectivity index (χ1) is 7.66. The van der Waals surface area contributed by atoms with Gasteiger partial charge in [-0.15, -0.1) is 5.10 Å². The Balaban J connectivity index is 1.92. The normalized spacial score (nSPS) is 19.7. The van der Waals surface area contributed by atoms with E-state index < -0.39 is 0 Å². The molecule has 0 bridgehead atoms. The minimum atomic E-state index is 0.450. The van der Waals surface area contributed by atoms with E-state index in [1.54, 1.807) is 4.68 Å². The van der Waals surface area contributed by atoms with Crippen molar-refractivity contribution in [1.29, 1.82) is 0 Å². The highest BCUT2D eigenvalue weighted by Gasteiger charge is 2.47. The number of rotatable bonds is 6. The molecule has 1 saturated carbocycles. The zero-order valence-corrected chi connectivity index (χ0v) is 10.5. The van der Waals surface area contributed by atoms with Crippen LogP contribution in [-0.2, 0) is 13.5 Å². The topological polar surface area (TPSA) is 42.7 Å². The van der Waals surface area contributed by atoms with Crippen LogP contribution in [0, 0.1) is 5.41 Å². The number of aromatic nitrogens is 3. The summed E-state index contributed by atoms with van der Waals surface area (Å²) in [5, 5.41) is 11.8. The van der Waals surface area contributed by atoms with E-state index in [9.17, 15) is 0 Å². The molecule has 16 heavy (non-hydrogen) atoms. The molecule has 1 heterocycles. The van der Waals surface area contributed by atoms with Gasteiger partial charge in [-0.3, -0.25) is 4.68 Å². The van der Waals surface area contributed by atoms with Crippen LogP contribution < -0.4 is 5.32 Å². The third kappa shape index (κ3) is 2.43. The predicted octanol–water partition coefficient (Wildman–Crippen LogP) is 1.53. The van der Waals surface area contributed by atoms with Crippen molar-refractivity contribution in [3.8, 4) is 0 Å². The van der Waals surface area contributed by atoms with Crippen LogP contribution in [0.1, 0.15) is 38.8 Å². The van der Waals surface area contributed by atoms with E-state index in [1.165, 1.54) is 19.3 Å². The van der Waals surface area contributed by atoms with Gasteiger partial charge in [-0.2, -0.15) is 0 Å². The number of aryl methyl sites for hydroxylation is 1. The fraction of sp³-hybridized carbons (Fsp3) is 0.833. The van der Waals surface area contributed by atoms with E-state index in [1.807, 2.05) is 13.2 Å². The van der Waals surface area contributed by atoms with Gasteiger partial charge in [-0.05, 0) is 38.1 Å². The molecule has 0 aliphatic heterocycles. The maximum absolute atomic E-state index is 4.19. The van der Waals surface area contributed by atoms with E-state index in [0.29, 0.717) is 11.5 Å². The molecule has 1 aromatic heterocycles. The van der Waals surface area contributed by atoms with E-state index in [0.717, 1.165) is 18.7 Å². The minimum Gasteiger partial charge on any atom is -0.314 e. The molecule has 0 aromatic carbocycles. The molecule has 4 nitrogen and oxygen atoms in total. The van der Waals surface area contributed by atoms with Gasteiger partial charge in [-0.25, -0.2) is 0 Å². The highest BCUT2D eigenvalue weighted by atomic mass is 15.4. The second kappa shape index (κ2) is 4.53. The van der Waals surface area contributed by atoms with Gasteiger partial charge in [0.05, 0.1) is 5.69 Å².